The standard InChI is InChI=1S/C11H24N2O/c1-11(10-14-2)9-12-5-8-13-6-3-4-7-13/h11-12H,3-10H2,1-2H3. The molecule has 0 bridgehead atoms. The van der Waals surface area contributed by atoms with E-state index < -0.39 is 0 Å². The lowest BCUT2D eigenvalue weighted by Gasteiger charge is -2.16. The molecule has 1 atom stereocenters. The van der Waals surface area contributed by atoms with Gasteiger partial charge in [0.1, 0.15) is 0 Å². The Morgan fingerprint density at radius 1 is 1.36 bits per heavy atom. The Bertz CT molecular complexity index is 135. The normalized spacial score (nSPS) is 20.1. The van der Waals surface area contributed by atoms with E-state index in [0.717, 1.165) is 19.7 Å². The maximum Gasteiger partial charge on any atom is 0.0499 e. The second kappa shape index (κ2) is 7.21. The van der Waals surface area contributed by atoms with Crippen LogP contribution in [0.4, 0.5) is 0 Å². The molecule has 1 fully saturated rings. The molecule has 0 aromatic rings. The maximum absolute atomic E-state index is 5.08. The van der Waals surface area contributed by atoms with Crippen molar-refractivity contribution in [1.29, 1.82) is 0 Å². The van der Waals surface area contributed by atoms with Gasteiger partial charge in [-0.25, -0.2) is 0 Å². The van der Waals surface area contributed by atoms with Crippen LogP contribution in [0.3, 0.4) is 0 Å². The third-order valence-corrected chi connectivity index (χ3v) is 2.75. The first-order chi connectivity index (χ1) is 6.83. The van der Waals surface area contributed by atoms with Crippen molar-refractivity contribution in [2.24, 2.45) is 5.92 Å². The average Bonchev–Trinajstić information content (AvgIpc) is 2.65. The van der Waals surface area contributed by atoms with Gasteiger partial charge in [0.05, 0.1) is 0 Å². The summed E-state index contributed by atoms with van der Waals surface area (Å²) in [4.78, 5) is 2.54. The van der Waals surface area contributed by atoms with Crippen LogP contribution in [-0.2, 0) is 4.74 Å². The second-order valence-electron chi connectivity index (χ2n) is 4.31. The van der Waals surface area contributed by atoms with Gasteiger partial charge in [0.15, 0.2) is 0 Å². The Balaban J connectivity index is 1.88. The zero-order chi connectivity index (χ0) is 10.2. The fourth-order valence-electron chi connectivity index (χ4n) is 1.94. The Hall–Kier alpha value is -0.120. The molecule has 0 aliphatic carbocycles. The number of likely N-dealkylation sites (tertiary alicyclic amines) is 1. The van der Waals surface area contributed by atoms with E-state index in [4.69, 9.17) is 4.74 Å². The van der Waals surface area contributed by atoms with Crippen molar-refractivity contribution in [3.05, 3.63) is 0 Å². The molecule has 0 saturated carbocycles. The van der Waals surface area contributed by atoms with Crippen LogP contribution in [0.15, 0.2) is 0 Å². The van der Waals surface area contributed by atoms with Crippen LogP contribution in [0, 0.1) is 5.92 Å². The molecule has 0 aromatic heterocycles. The molecule has 0 radical (unpaired) electrons. The summed E-state index contributed by atoms with van der Waals surface area (Å²) < 4.78 is 5.08. The number of nitrogens with one attached hydrogen (secondary N) is 1. The minimum atomic E-state index is 0.624. The summed E-state index contributed by atoms with van der Waals surface area (Å²) in [5.74, 6) is 0.624. The molecule has 3 heteroatoms. The van der Waals surface area contributed by atoms with Crippen molar-refractivity contribution in [2.75, 3.05) is 46.4 Å². The number of hydrogen-bond donors (Lipinski definition) is 1. The molecule has 14 heavy (non-hydrogen) atoms. The van der Waals surface area contributed by atoms with Gasteiger partial charge in [-0.1, -0.05) is 6.92 Å². The quantitative estimate of drug-likeness (QED) is 0.619. The lowest BCUT2D eigenvalue weighted by molar-refractivity contribution is 0.158. The van der Waals surface area contributed by atoms with Gasteiger partial charge >= 0.3 is 0 Å². The van der Waals surface area contributed by atoms with Crippen molar-refractivity contribution in [3.8, 4) is 0 Å². The molecule has 1 saturated heterocycles. The lowest BCUT2D eigenvalue weighted by Crippen LogP contribution is -2.32. The van der Waals surface area contributed by atoms with Gasteiger partial charge in [-0.2, -0.15) is 0 Å². The lowest BCUT2D eigenvalue weighted by atomic mass is 10.2. The van der Waals surface area contributed by atoms with E-state index in [1.165, 1.54) is 32.5 Å². The zero-order valence-corrected chi connectivity index (χ0v) is 9.59. The summed E-state index contributed by atoms with van der Waals surface area (Å²) in [7, 11) is 1.76. The summed E-state index contributed by atoms with van der Waals surface area (Å²) in [5.41, 5.74) is 0. The van der Waals surface area contributed by atoms with Gasteiger partial charge in [-0.15, -0.1) is 0 Å². The van der Waals surface area contributed by atoms with Crippen molar-refractivity contribution >= 4 is 0 Å². The molecule has 84 valence electrons. The number of methoxy groups -OCH3 is 1. The first-order valence-electron chi connectivity index (χ1n) is 5.75. The molecule has 3 nitrogen and oxygen atoms in total. The fraction of sp³-hybridized carbons (Fsp3) is 1.00. The highest BCUT2D eigenvalue weighted by Gasteiger charge is 2.10. The third kappa shape index (κ3) is 4.94. The van der Waals surface area contributed by atoms with E-state index in [1.807, 2.05) is 0 Å². The largest absolute Gasteiger partial charge is 0.384 e. The van der Waals surface area contributed by atoms with E-state index in [1.54, 1.807) is 7.11 Å². The van der Waals surface area contributed by atoms with E-state index in [9.17, 15) is 0 Å². The highest BCUT2D eigenvalue weighted by Crippen LogP contribution is 2.05. The molecule has 1 aliphatic heterocycles. The molecule has 1 unspecified atom stereocenters. The molecule has 1 aliphatic rings. The number of nitrogens with zero attached hydrogens (tertiary/aromatic N) is 1. The SMILES string of the molecule is COCC(C)CNCCN1CCCC1. The molecular formula is C11H24N2O. The van der Waals surface area contributed by atoms with Gasteiger partial charge in [0, 0.05) is 26.8 Å². The summed E-state index contributed by atoms with van der Waals surface area (Å²) in [5, 5.41) is 3.48. The highest BCUT2D eigenvalue weighted by molar-refractivity contribution is 4.67. The number of hydrogen-bond acceptors (Lipinski definition) is 3. The van der Waals surface area contributed by atoms with Crippen molar-refractivity contribution in [3.63, 3.8) is 0 Å². The summed E-state index contributed by atoms with van der Waals surface area (Å²) >= 11 is 0. The Morgan fingerprint density at radius 3 is 2.71 bits per heavy atom. The van der Waals surface area contributed by atoms with Crippen molar-refractivity contribution in [2.45, 2.75) is 19.8 Å². The topological polar surface area (TPSA) is 24.5 Å². The second-order valence-corrected chi connectivity index (χ2v) is 4.31. The van der Waals surface area contributed by atoms with Crippen LogP contribution >= 0.6 is 0 Å². The van der Waals surface area contributed by atoms with Crippen molar-refractivity contribution < 1.29 is 4.74 Å². The average molecular weight is 200 g/mol. The van der Waals surface area contributed by atoms with Crippen LogP contribution in [0.25, 0.3) is 0 Å². The van der Waals surface area contributed by atoms with Crippen LogP contribution in [0.2, 0.25) is 0 Å². The zero-order valence-electron chi connectivity index (χ0n) is 9.59. The van der Waals surface area contributed by atoms with E-state index in [-0.39, 0.29) is 0 Å². The predicted octanol–water partition coefficient (Wildman–Crippen LogP) is 0.954. The Kier molecular flexibility index (Phi) is 6.15. The van der Waals surface area contributed by atoms with E-state index in [0.29, 0.717) is 5.92 Å². The van der Waals surface area contributed by atoms with Crippen LogP contribution < -0.4 is 5.32 Å². The summed E-state index contributed by atoms with van der Waals surface area (Å²) in [6.45, 7) is 9.07. The van der Waals surface area contributed by atoms with Gasteiger partial charge in [0.2, 0.25) is 0 Å². The minimum Gasteiger partial charge on any atom is -0.384 e. The van der Waals surface area contributed by atoms with Crippen molar-refractivity contribution in [1.82, 2.24) is 10.2 Å². The van der Waals surface area contributed by atoms with Gasteiger partial charge in [-0.3, -0.25) is 0 Å². The number of ether oxygens (including phenoxy) is 1. The molecular weight excluding hydrogens is 176 g/mol. The van der Waals surface area contributed by atoms with Gasteiger partial charge in [0.25, 0.3) is 0 Å². The Morgan fingerprint density at radius 2 is 2.07 bits per heavy atom. The Labute approximate surface area is 87.8 Å². The monoisotopic (exact) mass is 200 g/mol. The minimum absolute atomic E-state index is 0.624. The van der Waals surface area contributed by atoms with Crippen LogP contribution in [0.1, 0.15) is 19.8 Å². The smallest absolute Gasteiger partial charge is 0.0499 e. The van der Waals surface area contributed by atoms with Gasteiger partial charge in [-0.05, 0) is 38.4 Å². The summed E-state index contributed by atoms with van der Waals surface area (Å²) in [6.07, 6.45) is 2.78. The maximum atomic E-state index is 5.08. The van der Waals surface area contributed by atoms with Gasteiger partial charge < -0.3 is 15.0 Å². The highest BCUT2D eigenvalue weighted by atomic mass is 16.5. The van der Waals surface area contributed by atoms with E-state index in [2.05, 4.69) is 17.1 Å². The fourth-order valence-corrected chi connectivity index (χ4v) is 1.94. The molecule has 1 heterocycles. The molecule has 1 rings (SSSR count). The number of rotatable bonds is 7. The first-order valence-corrected chi connectivity index (χ1v) is 5.75. The third-order valence-electron chi connectivity index (χ3n) is 2.75. The molecule has 0 amide bonds. The van der Waals surface area contributed by atoms with Crippen LogP contribution in [-0.4, -0.2) is 51.3 Å². The molecule has 0 spiro atoms. The van der Waals surface area contributed by atoms with E-state index >= 15 is 0 Å². The molecule has 1 N–H and O–H groups in total. The summed E-state index contributed by atoms with van der Waals surface area (Å²) in [6, 6.07) is 0. The first kappa shape index (κ1) is 12.0. The predicted molar refractivity (Wildman–Crippen MR) is 59.6 cm³/mol. The molecule has 0 aromatic carbocycles. The van der Waals surface area contributed by atoms with Crippen LogP contribution in [0.5, 0.6) is 0 Å².